The first-order valence-corrected chi connectivity index (χ1v) is 8.14. The summed E-state index contributed by atoms with van der Waals surface area (Å²) in [5.74, 6) is -0.395. The van der Waals surface area contributed by atoms with Crippen LogP contribution in [0.4, 0.5) is 0 Å². The van der Waals surface area contributed by atoms with Crippen LogP contribution in [0, 0.1) is 0 Å². The molecule has 1 saturated heterocycles. The van der Waals surface area contributed by atoms with Crippen molar-refractivity contribution in [3.05, 3.63) is 28.2 Å². The van der Waals surface area contributed by atoms with E-state index in [0.29, 0.717) is 12.8 Å². The minimum Gasteiger partial charge on any atom is -0.274 e. The van der Waals surface area contributed by atoms with Crippen molar-refractivity contribution in [3.63, 3.8) is 0 Å². The maximum absolute atomic E-state index is 12.5. The topological polar surface area (TPSA) is 54.5 Å². The van der Waals surface area contributed by atoms with Gasteiger partial charge >= 0.3 is 0 Å². The molecule has 0 radical (unpaired) electrons. The Morgan fingerprint density at radius 2 is 1.68 bits per heavy atom. The van der Waals surface area contributed by atoms with Crippen LogP contribution in [0.3, 0.4) is 0 Å². The van der Waals surface area contributed by atoms with Crippen molar-refractivity contribution in [2.75, 3.05) is 6.54 Å². The zero-order valence-corrected chi connectivity index (χ0v) is 12.4. The summed E-state index contributed by atoms with van der Waals surface area (Å²) in [5, 5.41) is 0.0640. The van der Waals surface area contributed by atoms with E-state index in [4.69, 9.17) is 23.2 Å². The number of rotatable bonds is 2. The van der Waals surface area contributed by atoms with Gasteiger partial charge in [0.1, 0.15) is 4.90 Å². The maximum atomic E-state index is 12.5. The van der Waals surface area contributed by atoms with Gasteiger partial charge in [0, 0.05) is 13.0 Å². The molecule has 1 amide bonds. The Bertz CT molecular complexity index is 581. The molecule has 7 heteroatoms. The number of sulfonamides is 1. The summed E-state index contributed by atoms with van der Waals surface area (Å²) in [4.78, 5) is 11.7. The van der Waals surface area contributed by atoms with E-state index in [0.717, 1.165) is 10.7 Å². The number of hydrogen-bond acceptors (Lipinski definition) is 3. The molecule has 19 heavy (non-hydrogen) atoms. The van der Waals surface area contributed by atoms with Gasteiger partial charge in [-0.25, -0.2) is 12.7 Å². The second-order valence-corrected chi connectivity index (χ2v) is 6.95. The Morgan fingerprint density at radius 3 is 2.32 bits per heavy atom. The number of carbonyl (C=O) groups is 1. The zero-order valence-electron chi connectivity index (χ0n) is 10.1. The predicted molar refractivity (Wildman–Crippen MR) is 73.8 cm³/mol. The molecule has 1 heterocycles. The second-order valence-electron chi connectivity index (χ2n) is 4.33. The lowest BCUT2D eigenvalue weighted by atomic mass is 10.2. The van der Waals surface area contributed by atoms with Crippen LogP contribution in [0.25, 0.3) is 0 Å². The van der Waals surface area contributed by atoms with E-state index in [9.17, 15) is 13.2 Å². The van der Waals surface area contributed by atoms with E-state index < -0.39 is 15.9 Å². The number of amides is 1. The molecular weight excluding hydrogens is 309 g/mol. The highest BCUT2D eigenvalue weighted by atomic mass is 35.5. The first-order chi connectivity index (χ1) is 8.94. The average Bonchev–Trinajstić information content (AvgIpc) is 2.53. The Kier molecular flexibility index (Phi) is 4.38. The van der Waals surface area contributed by atoms with Crippen LogP contribution in [0.5, 0.6) is 0 Å². The van der Waals surface area contributed by atoms with Gasteiger partial charge in [-0.2, -0.15) is 0 Å². The van der Waals surface area contributed by atoms with Crippen LogP contribution in [-0.4, -0.2) is 25.2 Å². The second kappa shape index (κ2) is 5.69. The molecule has 0 atom stereocenters. The van der Waals surface area contributed by atoms with Gasteiger partial charge < -0.3 is 0 Å². The van der Waals surface area contributed by atoms with Crippen molar-refractivity contribution < 1.29 is 13.2 Å². The molecule has 0 unspecified atom stereocenters. The zero-order chi connectivity index (χ0) is 14.0. The molecule has 2 rings (SSSR count). The van der Waals surface area contributed by atoms with Crippen molar-refractivity contribution in [1.82, 2.24) is 4.31 Å². The summed E-state index contributed by atoms with van der Waals surface area (Å²) in [6.45, 7) is 0.183. The fourth-order valence-electron chi connectivity index (χ4n) is 2.05. The smallest absolute Gasteiger partial charge is 0.269 e. The summed E-state index contributed by atoms with van der Waals surface area (Å²) in [6.07, 6.45) is 2.45. The Morgan fingerprint density at radius 1 is 1.05 bits per heavy atom. The van der Waals surface area contributed by atoms with Gasteiger partial charge in [0.15, 0.2) is 0 Å². The minimum atomic E-state index is -3.98. The normalized spacial score (nSPS) is 17.4. The number of hydrogen-bond donors (Lipinski definition) is 0. The molecule has 1 aromatic carbocycles. The lowest BCUT2D eigenvalue weighted by Crippen LogP contribution is -2.36. The van der Waals surface area contributed by atoms with Crippen LogP contribution in [0.15, 0.2) is 23.1 Å². The third kappa shape index (κ3) is 2.88. The van der Waals surface area contributed by atoms with Gasteiger partial charge in [0.25, 0.3) is 10.0 Å². The standard InChI is InChI=1S/C12H13Cl2NO3S/c13-9-5-4-6-10(14)12(9)19(17,18)15-8-3-1-2-7-11(15)16/h4-6H,1-3,7-8H2. The molecule has 1 aromatic rings. The first-order valence-electron chi connectivity index (χ1n) is 5.94. The highest BCUT2D eigenvalue weighted by molar-refractivity contribution is 7.90. The number of carbonyl (C=O) groups excluding carboxylic acids is 1. The van der Waals surface area contributed by atoms with E-state index in [1.807, 2.05) is 0 Å². The minimum absolute atomic E-state index is 0.0320. The molecule has 0 bridgehead atoms. The van der Waals surface area contributed by atoms with E-state index in [2.05, 4.69) is 0 Å². The molecule has 1 aliphatic rings. The van der Waals surface area contributed by atoms with Gasteiger partial charge in [-0.05, 0) is 25.0 Å². The predicted octanol–water partition coefficient (Wildman–Crippen LogP) is 3.08. The number of halogens is 2. The van der Waals surface area contributed by atoms with Crippen LogP contribution in [-0.2, 0) is 14.8 Å². The van der Waals surface area contributed by atoms with Crippen LogP contribution < -0.4 is 0 Å². The number of benzene rings is 1. The fraction of sp³-hybridized carbons (Fsp3) is 0.417. The Balaban J connectivity index is 2.50. The highest BCUT2D eigenvalue weighted by Crippen LogP contribution is 2.32. The van der Waals surface area contributed by atoms with Gasteiger partial charge in [0.2, 0.25) is 5.91 Å². The summed E-state index contributed by atoms with van der Waals surface area (Å²) in [5.41, 5.74) is 0. The molecule has 0 saturated carbocycles. The summed E-state index contributed by atoms with van der Waals surface area (Å²) in [7, 11) is -3.98. The first kappa shape index (κ1) is 14.6. The van der Waals surface area contributed by atoms with E-state index in [1.165, 1.54) is 12.1 Å². The average molecular weight is 322 g/mol. The number of nitrogens with zero attached hydrogens (tertiary/aromatic N) is 1. The summed E-state index contributed by atoms with van der Waals surface area (Å²) < 4.78 is 26.0. The third-order valence-electron chi connectivity index (χ3n) is 3.00. The van der Waals surface area contributed by atoms with Crippen molar-refractivity contribution in [2.24, 2.45) is 0 Å². The van der Waals surface area contributed by atoms with Gasteiger partial charge in [-0.3, -0.25) is 4.79 Å². The van der Waals surface area contributed by atoms with Gasteiger partial charge in [0.05, 0.1) is 10.0 Å². The third-order valence-corrected chi connectivity index (χ3v) is 5.77. The summed E-state index contributed by atoms with van der Waals surface area (Å²) in [6, 6.07) is 4.46. The molecule has 0 N–H and O–H groups in total. The van der Waals surface area contributed by atoms with Gasteiger partial charge in [-0.15, -0.1) is 0 Å². The van der Waals surface area contributed by atoms with Gasteiger partial charge in [-0.1, -0.05) is 35.7 Å². The van der Waals surface area contributed by atoms with E-state index in [1.54, 1.807) is 6.07 Å². The van der Waals surface area contributed by atoms with Crippen LogP contribution >= 0.6 is 23.2 Å². The monoisotopic (exact) mass is 321 g/mol. The fourth-order valence-corrected chi connectivity index (χ4v) is 4.61. The largest absolute Gasteiger partial charge is 0.274 e. The maximum Gasteiger partial charge on any atom is 0.269 e. The lowest BCUT2D eigenvalue weighted by molar-refractivity contribution is -0.126. The van der Waals surface area contributed by atoms with Crippen LogP contribution in [0.1, 0.15) is 25.7 Å². The highest BCUT2D eigenvalue weighted by Gasteiger charge is 2.33. The lowest BCUT2D eigenvalue weighted by Gasteiger charge is -2.21. The molecule has 4 nitrogen and oxygen atoms in total. The van der Waals surface area contributed by atoms with Crippen molar-refractivity contribution in [1.29, 1.82) is 0 Å². The SMILES string of the molecule is O=C1CCCCCN1S(=O)(=O)c1c(Cl)cccc1Cl. The van der Waals surface area contributed by atoms with E-state index >= 15 is 0 Å². The Hall–Kier alpha value is -0.780. The molecule has 0 aliphatic carbocycles. The molecule has 1 fully saturated rings. The van der Waals surface area contributed by atoms with Crippen LogP contribution in [0.2, 0.25) is 10.0 Å². The quantitative estimate of drug-likeness (QED) is 0.841. The Labute approximate surface area is 122 Å². The summed E-state index contributed by atoms with van der Waals surface area (Å²) >= 11 is 11.8. The van der Waals surface area contributed by atoms with E-state index in [-0.39, 0.29) is 27.9 Å². The molecule has 0 aromatic heterocycles. The molecule has 1 aliphatic heterocycles. The molecular formula is C12H13Cl2NO3S. The molecule has 104 valence electrons. The van der Waals surface area contributed by atoms with Crippen molar-refractivity contribution >= 4 is 39.1 Å². The molecule has 0 spiro atoms. The van der Waals surface area contributed by atoms with Crippen molar-refractivity contribution in [3.8, 4) is 0 Å². The van der Waals surface area contributed by atoms with Crippen molar-refractivity contribution in [2.45, 2.75) is 30.6 Å².